The maximum atomic E-state index is 13.8. The fourth-order valence-electron chi connectivity index (χ4n) is 3.28. The lowest BCUT2D eigenvalue weighted by molar-refractivity contribution is -0.192. The van der Waals surface area contributed by atoms with Gasteiger partial charge in [0.15, 0.2) is 5.82 Å². The van der Waals surface area contributed by atoms with Gasteiger partial charge < -0.3 is 15.2 Å². The smallest absolute Gasteiger partial charge is 0.489 e. The third kappa shape index (κ3) is 8.74. The molecule has 0 spiro atoms. The molecular weight excluding hydrogens is 584 g/mol. The summed E-state index contributed by atoms with van der Waals surface area (Å²) in [5.74, 6) is -5.97. The number of nitrogens with zero attached hydrogens (tertiary/aromatic N) is 3. The molecule has 1 amide bonds. The van der Waals surface area contributed by atoms with E-state index in [1.54, 1.807) is 24.5 Å². The number of pyridine rings is 1. The van der Waals surface area contributed by atoms with Crippen LogP contribution in [0.5, 0.6) is 5.75 Å². The number of benzene rings is 2. The van der Waals surface area contributed by atoms with Crippen molar-refractivity contribution in [1.82, 2.24) is 14.8 Å². The molecule has 0 fully saturated rings. The molecule has 0 aliphatic carbocycles. The van der Waals surface area contributed by atoms with Gasteiger partial charge in [-0.15, -0.1) is 0 Å². The number of ether oxygens (including phenoxy) is 1. The lowest BCUT2D eigenvalue weighted by Crippen LogP contribution is -2.21. The van der Waals surface area contributed by atoms with Crippen LogP contribution >= 0.6 is 0 Å². The largest absolute Gasteiger partial charge is 0.490 e. The zero-order valence-corrected chi connectivity index (χ0v) is 20.9. The van der Waals surface area contributed by atoms with Gasteiger partial charge in [-0.3, -0.25) is 14.5 Å². The van der Waals surface area contributed by atoms with Gasteiger partial charge in [0.1, 0.15) is 29.6 Å². The number of halogens is 8. The first kappa shape index (κ1) is 31.5. The first-order valence-electron chi connectivity index (χ1n) is 11.5. The Hall–Kier alpha value is -5.02. The van der Waals surface area contributed by atoms with Crippen molar-refractivity contribution in [1.29, 1.82) is 0 Å². The number of carbonyl (C=O) groups is 2. The van der Waals surface area contributed by atoms with Crippen LogP contribution in [0.15, 0.2) is 73.2 Å². The molecule has 2 heterocycles. The Morgan fingerprint density at radius 1 is 0.929 bits per heavy atom. The van der Waals surface area contributed by atoms with Crippen LogP contribution < -0.4 is 10.1 Å². The molecule has 222 valence electrons. The quantitative estimate of drug-likeness (QED) is 0.248. The highest BCUT2D eigenvalue weighted by Crippen LogP contribution is 2.35. The highest BCUT2D eigenvalue weighted by atomic mass is 19.4. The van der Waals surface area contributed by atoms with Crippen molar-refractivity contribution in [2.75, 3.05) is 5.32 Å². The van der Waals surface area contributed by atoms with Crippen molar-refractivity contribution in [2.24, 2.45) is 0 Å². The Bertz CT molecular complexity index is 1520. The second-order valence-corrected chi connectivity index (χ2v) is 8.21. The fraction of sp³-hybridized carbons (Fsp3) is 0.154. The van der Waals surface area contributed by atoms with Gasteiger partial charge >= 0.3 is 18.3 Å². The van der Waals surface area contributed by atoms with E-state index < -0.39 is 47.0 Å². The number of aromatic nitrogens is 3. The Labute approximate surface area is 231 Å². The summed E-state index contributed by atoms with van der Waals surface area (Å²) in [6.07, 6.45) is -5.30. The van der Waals surface area contributed by atoms with Crippen LogP contribution in [0.3, 0.4) is 0 Å². The number of nitrogens with one attached hydrogen (secondary N) is 1. The molecule has 8 nitrogen and oxygen atoms in total. The Kier molecular flexibility index (Phi) is 9.82. The predicted octanol–water partition coefficient (Wildman–Crippen LogP) is 6.09. The minimum atomic E-state index is -5.08. The summed E-state index contributed by atoms with van der Waals surface area (Å²) >= 11 is 0. The van der Waals surface area contributed by atoms with Crippen molar-refractivity contribution >= 4 is 17.7 Å². The number of hydrogen-bond acceptors (Lipinski definition) is 5. The van der Waals surface area contributed by atoms with Crippen molar-refractivity contribution < 1.29 is 54.6 Å². The number of amides is 1. The van der Waals surface area contributed by atoms with E-state index in [2.05, 4.69) is 15.4 Å². The SMILES string of the molecule is O=C(Nc1ccn(Cc2ccc(OCc3ccncc3)cc2C(F)(F)F)n1)c1c(F)cccc1F.O=C(O)C(F)(F)F. The van der Waals surface area contributed by atoms with E-state index in [4.69, 9.17) is 14.6 Å². The maximum absolute atomic E-state index is 13.8. The van der Waals surface area contributed by atoms with Gasteiger partial charge in [-0.25, -0.2) is 13.6 Å². The Balaban J connectivity index is 0.000000616. The van der Waals surface area contributed by atoms with Crippen LogP contribution in [0.1, 0.15) is 27.0 Å². The lowest BCUT2D eigenvalue weighted by Gasteiger charge is -2.15. The summed E-state index contributed by atoms with van der Waals surface area (Å²) in [6, 6.07) is 11.3. The van der Waals surface area contributed by atoms with E-state index in [0.29, 0.717) is 0 Å². The zero-order chi connectivity index (χ0) is 31.1. The molecule has 4 aromatic rings. The van der Waals surface area contributed by atoms with Gasteiger partial charge in [-0.05, 0) is 47.5 Å². The van der Waals surface area contributed by atoms with Crippen molar-refractivity contribution in [3.63, 3.8) is 0 Å². The molecule has 16 heteroatoms. The molecule has 2 N–H and O–H groups in total. The molecule has 4 rings (SSSR count). The Morgan fingerprint density at radius 3 is 2.12 bits per heavy atom. The monoisotopic (exact) mass is 602 g/mol. The van der Waals surface area contributed by atoms with E-state index in [9.17, 15) is 39.9 Å². The van der Waals surface area contributed by atoms with Gasteiger partial charge in [0, 0.05) is 24.7 Å². The van der Waals surface area contributed by atoms with Crippen LogP contribution in [0.4, 0.5) is 40.9 Å². The number of carboxylic acid groups (broad SMARTS) is 1. The fourth-order valence-corrected chi connectivity index (χ4v) is 3.28. The average molecular weight is 602 g/mol. The maximum Gasteiger partial charge on any atom is 0.490 e. The highest BCUT2D eigenvalue weighted by molar-refractivity contribution is 6.04. The van der Waals surface area contributed by atoms with Crippen LogP contribution in [0, 0.1) is 11.6 Å². The van der Waals surface area contributed by atoms with Gasteiger partial charge in [-0.1, -0.05) is 12.1 Å². The number of carbonyl (C=O) groups excluding carboxylic acids is 1. The van der Waals surface area contributed by atoms with Crippen LogP contribution in [-0.2, 0) is 24.1 Å². The molecule has 0 aliphatic rings. The molecule has 2 aromatic carbocycles. The number of alkyl halides is 6. The first-order chi connectivity index (χ1) is 19.6. The van der Waals surface area contributed by atoms with Crippen LogP contribution in [0.2, 0.25) is 0 Å². The van der Waals surface area contributed by atoms with E-state index in [-0.39, 0.29) is 30.3 Å². The normalized spacial score (nSPS) is 11.3. The third-order valence-corrected chi connectivity index (χ3v) is 5.19. The van der Waals surface area contributed by atoms with E-state index >= 15 is 0 Å². The summed E-state index contributed by atoms with van der Waals surface area (Å²) in [5, 5.41) is 13.3. The second kappa shape index (κ2) is 13.1. The molecular formula is C26H18F8N4O4. The summed E-state index contributed by atoms with van der Waals surface area (Å²) in [4.78, 5) is 25.0. The van der Waals surface area contributed by atoms with E-state index in [0.717, 1.165) is 34.5 Å². The van der Waals surface area contributed by atoms with Crippen molar-refractivity contribution in [3.05, 3.63) is 107 Å². The van der Waals surface area contributed by atoms with Gasteiger partial charge in [-0.2, -0.15) is 31.4 Å². The molecule has 0 saturated carbocycles. The Morgan fingerprint density at radius 2 is 1.55 bits per heavy atom. The molecule has 2 aromatic heterocycles. The van der Waals surface area contributed by atoms with Gasteiger partial charge in [0.25, 0.3) is 5.91 Å². The summed E-state index contributed by atoms with van der Waals surface area (Å²) in [7, 11) is 0. The molecule has 42 heavy (non-hydrogen) atoms. The summed E-state index contributed by atoms with van der Waals surface area (Å²) in [6.45, 7) is -0.201. The number of rotatable bonds is 7. The molecule has 0 atom stereocenters. The van der Waals surface area contributed by atoms with E-state index in [1.165, 1.54) is 24.4 Å². The second-order valence-electron chi connectivity index (χ2n) is 8.21. The van der Waals surface area contributed by atoms with Crippen molar-refractivity contribution in [2.45, 2.75) is 25.5 Å². The number of hydrogen-bond donors (Lipinski definition) is 2. The number of carboxylic acids is 1. The van der Waals surface area contributed by atoms with Crippen molar-refractivity contribution in [3.8, 4) is 5.75 Å². The molecule has 0 unspecified atom stereocenters. The van der Waals surface area contributed by atoms with Gasteiger partial charge in [0.05, 0.1) is 12.1 Å². The average Bonchev–Trinajstić information content (AvgIpc) is 3.34. The number of aliphatic carboxylic acids is 1. The summed E-state index contributed by atoms with van der Waals surface area (Å²) in [5.41, 5.74) is -1.03. The highest BCUT2D eigenvalue weighted by Gasteiger charge is 2.38. The van der Waals surface area contributed by atoms with Gasteiger partial charge in [0.2, 0.25) is 0 Å². The number of anilines is 1. The van der Waals surface area contributed by atoms with Crippen LogP contribution in [0.25, 0.3) is 0 Å². The minimum Gasteiger partial charge on any atom is -0.489 e. The topological polar surface area (TPSA) is 106 Å². The standard InChI is InChI=1S/C24H17F5N4O2.C2HF3O2/c25-19-2-1-3-20(26)22(19)23(34)31-21-8-11-33(32-21)13-16-4-5-17(12-18(16)24(27,28)29)35-14-15-6-9-30-10-7-15;3-2(4,5)1(6)7/h1-12H,13-14H2,(H,31,32,34);(H,6,7). The lowest BCUT2D eigenvalue weighted by atomic mass is 10.1. The molecule has 0 radical (unpaired) electrons. The molecule has 0 bridgehead atoms. The van der Waals surface area contributed by atoms with Crippen LogP contribution in [-0.4, -0.2) is 37.9 Å². The summed E-state index contributed by atoms with van der Waals surface area (Å²) < 4.78 is 107. The zero-order valence-electron chi connectivity index (χ0n) is 20.9. The third-order valence-electron chi connectivity index (χ3n) is 5.19. The van der Waals surface area contributed by atoms with E-state index in [1.807, 2.05) is 0 Å². The first-order valence-corrected chi connectivity index (χ1v) is 11.5. The molecule has 0 aliphatic heterocycles. The minimum absolute atomic E-state index is 0.0400. The predicted molar refractivity (Wildman–Crippen MR) is 129 cm³/mol. The molecule has 0 saturated heterocycles.